The lowest BCUT2D eigenvalue weighted by molar-refractivity contribution is -0.123. The number of methoxy groups -OCH3 is 3. The maximum absolute atomic E-state index is 12.3. The molecule has 0 unspecified atom stereocenters. The van der Waals surface area contributed by atoms with E-state index in [1.807, 2.05) is 37.3 Å². The Bertz CT molecular complexity index is 752. The molecule has 1 amide bonds. The third kappa shape index (κ3) is 5.13. The lowest BCUT2D eigenvalue weighted by atomic mass is 10.2. The zero-order valence-electron chi connectivity index (χ0n) is 16.0. The van der Waals surface area contributed by atoms with Crippen LogP contribution in [0.1, 0.15) is 12.5 Å². The predicted octanol–water partition coefficient (Wildman–Crippen LogP) is 3.12. The summed E-state index contributed by atoms with van der Waals surface area (Å²) in [4.78, 5) is 19.1. The first-order chi connectivity index (χ1) is 13.1. The summed E-state index contributed by atoms with van der Waals surface area (Å²) in [7, 11) is 4.61. The third-order valence-electron chi connectivity index (χ3n) is 3.84. The molecule has 27 heavy (non-hydrogen) atoms. The number of oxime groups is 1. The number of para-hydroxylation sites is 1. The van der Waals surface area contributed by atoms with Crippen molar-refractivity contribution >= 4 is 17.8 Å². The van der Waals surface area contributed by atoms with Crippen molar-refractivity contribution < 1.29 is 23.8 Å². The largest absolute Gasteiger partial charge is 0.493 e. The van der Waals surface area contributed by atoms with E-state index in [1.54, 1.807) is 17.0 Å². The highest BCUT2D eigenvalue weighted by Crippen LogP contribution is 2.37. The Morgan fingerprint density at radius 1 is 1.04 bits per heavy atom. The van der Waals surface area contributed by atoms with Gasteiger partial charge in [-0.25, -0.2) is 0 Å². The van der Waals surface area contributed by atoms with Crippen molar-refractivity contribution in [2.75, 3.05) is 39.4 Å². The highest BCUT2D eigenvalue weighted by atomic mass is 16.6. The van der Waals surface area contributed by atoms with Crippen molar-refractivity contribution in [2.24, 2.45) is 5.16 Å². The van der Waals surface area contributed by atoms with Crippen LogP contribution >= 0.6 is 0 Å². The van der Waals surface area contributed by atoms with Crippen LogP contribution in [0, 0.1) is 0 Å². The third-order valence-corrected chi connectivity index (χ3v) is 3.84. The molecular formula is C20H24N2O5. The molecule has 7 nitrogen and oxygen atoms in total. The van der Waals surface area contributed by atoms with E-state index in [2.05, 4.69) is 5.16 Å². The van der Waals surface area contributed by atoms with Gasteiger partial charge in [-0.15, -0.1) is 0 Å². The van der Waals surface area contributed by atoms with Crippen molar-refractivity contribution in [2.45, 2.75) is 6.92 Å². The highest BCUT2D eigenvalue weighted by molar-refractivity contribution is 5.94. The quantitative estimate of drug-likeness (QED) is 0.500. The van der Waals surface area contributed by atoms with Gasteiger partial charge in [0.05, 0.1) is 27.5 Å². The number of hydrogen-bond acceptors (Lipinski definition) is 6. The predicted molar refractivity (Wildman–Crippen MR) is 104 cm³/mol. The van der Waals surface area contributed by atoms with Gasteiger partial charge in [-0.05, 0) is 31.2 Å². The zero-order chi connectivity index (χ0) is 19.6. The second kappa shape index (κ2) is 10.1. The molecule has 0 aliphatic heterocycles. The van der Waals surface area contributed by atoms with Crippen molar-refractivity contribution in [3.05, 3.63) is 48.0 Å². The van der Waals surface area contributed by atoms with E-state index in [0.29, 0.717) is 29.4 Å². The normalized spacial score (nSPS) is 10.5. The van der Waals surface area contributed by atoms with Gasteiger partial charge in [0.25, 0.3) is 5.91 Å². The average Bonchev–Trinajstić information content (AvgIpc) is 2.71. The number of carbonyl (C=O) groups is 1. The Morgan fingerprint density at radius 2 is 1.67 bits per heavy atom. The van der Waals surface area contributed by atoms with Gasteiger partial charge in [0.2, 0.25) is 5.75 Å². The second-order valence-corrected chi connectivity index (χ2v) is 5.44. The summed E-state index contributed by atoms with van der Waals surface area (Å²) < 4.78 is 15.9. The van der Waals surface area contributed by atoms with E-state index in [9.17, 15) is 4.79 Å². The van der Waals surface area contributed by atoms with E-state index >= 15 is 0 Å². The topological polar surface area (TPSA) is 69.6 Å². The van der Waals surface area contributed by atoms with Crippen LogP contribution < -0.4 is 19.1 Å². The van der Waals surface area contributed by atoms with Crippen molar-refractivity contribution in [3.63, 3.8) is 0 Å². The van der Waals surface area contributed by atoms with Crippen LogP contribution in [-0.4, -0.2) is 46.6 Å². The van der Waals surface area contributed by atoms with Crippen LogP contribution in [0.3, 0.4) is 0 Å². The Hall–Kier alpha value is -3.22. The number of hydrogen-bond donors (Lipinski definition) is 0. The maximum Gasteiger partial charge on any atom is 0.267 e. The number of anilines is 1. The minimum absolute atomic E-state index is 0.163. The zero-order valence-corrected chi connectivity index (χ0v) is 16.0. The molecule has 0 saturated carbocycles. The number of rotatable bonds is 9. The minimum Gasteiger partial charge on any atom is -0.493 e. The summed E-state index contributed by atoms with van der Waals surface area (Å²) in [5.74, 6) is 1.34. The number of ether oxygens (including phenoxy) is 3. The Morgan fingerprint density at radius 3 is 2.19 bits per heavy atom. The van der Waals surface area contributed by atoms with E-state index < -0.39 is 0 Å². The molecule has 7 heteroatoms. The summed E-state index contributed by atoms with van der Waals surface area (Å²) in [6, 6.07) is 12.9. The van der Waals surface area contributed by atoms with Gasteiger partial charge in [-0.3, -0.25) is 4.79 Å². The maximum atomic E-state index is 12.3. The van der Waals surface area contributed by atoms with Crippen molar-refractivity contribution in [1.82, 2.24) is 0 Å². The van der Waals surface area contributed by atoms with Gasteiger partial charge in [0, 0.05) is 17.8 Å². The number of likely N-dealkylation sites (N-methyl/N-ethyl adjacent to an activating group) is 1. The fraction of sp³-hybridized carbons (Fsp3) is 0.300. The first kappa shape index (κ1) is 20.1. The molecule has 0 heterocycles. The number of benzene rings is 2. The summed E-state index contributed by atoms with van der Waals surface area (Å²) in [6.45, 7) is 2.29. The first-order valence-corrected chi connectivity index (χ1v) is 8.45. The number of amides is 1. The SMILES string of the molecule is CCN(C(=O)CO/N=C/c1cc(OC)c(OC)c(OC)c1)c1ccccc1. The van der Waals surface area contributed by atoms with Gasteiger partial charge in [0.1, 0.15) is 0 Å². The van der Waals surface area contributed by atoms with Crippen LogP contribution in [0.25, 0.3) is 0 Å². The van der Waals surface area contributed by atoms with Gasteiger partial charge in [-0.2, -0.15) is 0 Å². The smallest absolute Gasteiger partial charge is 0.267 e. The van der Waals surface area contributed by atoms with Crippen molar-refractivity contribution in [3.8, 4) is 17.2 Å². The minimum atomic E-state index is -0.175. The fourth-order valence-corrected chi connectivity index (χ4v) is 2.56. The number of nitrogens with zero attached hydrogens (tertiary/aromatic N) is 2. The monoisotopic (exact) mass is 372 g/mol. The lowest BCUT2D eigenvalue weighted by Crippen LogP contribution is -2.33. The van der Waals surface area contributed by atoms with Crippen LogP contribution in [0.4, 0.5) is 5.69 Å². The standard InChI is InChI=1S/C20H24N2O5/c1-5-22(16-9-7-6-8-10-16)19(23)14-27-21-13-15-11-17(24-2)20(26-4)18(12-15)25-3/h6-13H,5,14H2,1-4H3/b21-13+. The van der Waals surface area contributed by atoms with Crippen LogP contribution in [0.2, 0.25) is 0 Å². The van der Waals surface area contributed by atoms with E-state index in [-0.39, 0.29) is 12.5 Å². The molecule has 0 spiro atoms. The first-order valence-electron chi connectivity index (χ1n) is 8.45. The van der Waals surface area contributed by atoms with E-state index in [0.717, 1.165) is 5.69 Å². The Kier molecular flexibility index (Phi) is 7.49. The van der Waals surface area contributed by atoms with Crippen LogP contribution in [0.15, 0.2) is 47.6 Å². The van der Waals surface area contributed by atoms with Gasteiger partial charge >= 0.3 is 0 Å². The van der Waals surface area contributed by atoms with Gasteiger partial charge in [-0.1, -0.05) is 23.4 Å². The van der Waals surface area contributed by atoms with E-state index in [4.69, 9.17) is 19.0 Å². The summed E-state index contributed by atoms with van der Waals surface area (Å²) >= 11 is 0. The average molecular weight is 372 g/mol. The van der Waals surface area contributed by atoms with Crippen molar-refractivity contribution in [1.29, 1.82) is 0 Å². The molecule has 2 aromatic rings. The molecule has 0 N–H and O–H groups in total. The molecule has 2 rings (SSSR count). The highest BCUT2D eigenvalue weighted by Gasteiger charge is 2.14. The molecule has 0 radical (unpaired) electrons. The molecule has 0 aliphatic rings. The number of carbonyl (C=O) groups excluding carboxylic acids is 1. The molecule has 0 aromatic heterocycles. The molecule has 144 valence electrons. The Balaban J connectivity index is 2.02. The summed E-state index contributed by atoms with van der Waals surface area (Å²) in [5.41, 5.74) is 1.51. The second-order valence-electron chi connectivity index (χ2n) is 5.44. The molecule has 0 fully saturated rings. The van der Waals surface area contributed by atoms with Gasteiger partial charge in [0.15, 0.2) is 18.1 Å². The van der Waals surface area contributed by atoms with Crippen LogP contribution in [0.5, 0.6) is 17.2 Å². The summed E-state index contributed by atoms with van der Waals surface area (Å²) in [5, 5.41) is 3.87. The van der Waals surface area contributed by atoms with Gasteiger partial charge < -0.3 is 23.9 Å². The molecule has 0 saturated heterocycles. The van der Waals surface area contributed by atoms with Crippen LogP contribution in [-0.2, 0) is 9.63 Å². The molecule has 0 bridgehead atoms. The molecule has 0 aliphatic carbocycles. The molecule has 0 atom stereocenters. The fourth-order valence-electron chi connectivity index (χ4n) is 2.56. The Labute approximate surface area is 159 Å². The summed E-state index contributed by atoms with van der Waals surface area (Å²) in [6.07, 6.45) is 1.48. The lowest BCUT2D eigenvalue weighted by Gasteiger charge is -2.20. The molecule has 2 aromatic carbocycles. The van der Waals surface area contributed by atoms with E-state index in [1.165, 1.54) is 27.5 Å². The molecular weight excluding hydrogens is 348 g/mol.